The topological polar surface area (TPSA) is 67.8 Å². The summed E-state index contributed by atoms with van der Waals surface area (Å²) in [6, 6.07) is 8.21. The normalized spacial score (nSPS) is 12.4. The van der Waals surface area contributed by atoms with Gasteiger partial charge in [-0.05, 0) is 75.9 Å². The Hall–Kier alpha value is -2.76. The van der Waals surface area contributed by atoms with Gasteiger partial charge in [-0.25, -0.2) is 0 Å². The Labute approximate surface area is 174 Å². The third kappa shape index (κ3) is 6.97. The minimum atomic E-state index is 0.0744. The maximum Gasteiger partial charge on any atom is 0.191 e. The number of ether oxygens (including phenoxy) is 2. The molecule has 2 N–H and O–H groups in total. The number of guanidine groups is 1. The van der Waals surface area contributed by atoms with Crippen LogP contribution in [0.15, 0.2) is 41.7 Å². The molecule has 0 fully saturated rings. The first kappa shape index (κ1) is 22.5. The number of aliphatic imine (C=N–C) groups is 1. The molecule has 2 aromatic rings. The van der Waals surface area contributed by atoms with Crippen LogP contribution in [0.2, 0.25) is 0 Å². The van der Waals surface area contributed by atoms with E-state index >= 15 is 0 Å². The fourth-order valence-electron chi connectivity index (χ4n) is 3.02. The molecule has 158 valence electrons. The van der Waals surface area contributed by atoms with Crippen LogP contribution >= 0.6 is 0 Å². The number of aromatic nitrogens is 1. The molecule has 29 heavy (non-hydrogen) atoms. The van der Waals surface area contributed by atoms with Crippen LogP contribution in [0.25, 0.3) is 0 Å². The van der Waals surface area contributed by atoms with E-state index in [0.717, 1.165) is 36.0 Å². The Bertz CT molecular complexity index is 792. The number of aryl methyl sites for hydroxylation is 1. The van der Waals surface area contributed by atoms with Gasteiger partial charge in [-0.2, -0.15) is 0 Å². The number of pyridine rings is 1. The number of hydrogen-bond acceptors (Lipinski definition) is 4. The van der Waals surface area contributed by atoms with Gasteiger partial charge < -0.3 is 20.1 Å². The molecule has 0 saturated heterocycles. The molecule has 6 nitrogen and oxygen atoms in total. The Kier molecular flexibility index (Phi) is 9.28. The van der Waals surface area contributed by atoms with E-state index in [1.165, 1.54) is 11.1 Å². The molecule has 0 aliphatic rings. The molecule has 0 bridgehead atoms. The highest BCUT2D eigenvalue weighted by Crippen LogP contribution is 2.30. The van der Waals surface area contributed by atoms with Gasteiger partial charge in [0.1, 0.15) is 0 Å². The highest BCUT2D eigenvalue weighted by Gasteiger charge is 2.12. The molecule has 0 aliphatic carbocycles. The van der Waals surface area contributed by atoms with Gasteiger partial charge >= 0.3 is 0 Å². The molecule has 1 unspecified atom stereocenters. The van der Waals surface area contributed by atoms with Crippen molar-refractivity contribution in [1.82, 2.24) is 15.6 Å². The van der Waals surface area contributed by atoms with Crippen molar-refractivity contribution in [2.75, 3.05) is 26.3 Å². The van der Waals surface area contributed by atoms with E-state index in [1.807, 2.05) is 38.4 Å². The van der Waals surface area contributed by atoms with Crippen LogP contribution in [-0.4, -0.2) is 37.2 Å². The second-order valence-electron chi connectivity index (χ2n) is 6.75. The van der Waals surface area contributed by atoms with Gasteiger partial charge in [-0.1, -0.05) is 6.07 Å². The summed E-state index contributed by atoms with van der Waals surface area (Å²) < 4.78 is 11.4. The van der Waals surface area contributed by atoms with E-state index in [1.54, 1.807) is 0 Å². The van der Waals surface area contributed by atoms with Gasteiger partial charge in [0.05, 0.1) is 19.3 Å². The van der Waals surface area contributed by atoms with Crippen LogP contribution in [0.1, 0.15) is 50.4 Å². The summed E-state index contributed by atoms with van der Waals surface area (Å²) in [5.41, 5.74) is 3.60. The first-order chi connectivity index (χ1) is 14.1. The molecule has 0 saturated carbocycles. The second kappa shape index (κ2) is 11.9. The maximum absolute atomic E-state index is 5.75. The summed E-state index contributed by atoms with van der Waals surface area (Å²) >= 11 is 0. The molecule has 0 amide bonds. The molecule has 6 heteroatoms. The summed E-state index contributed by atoms with van der Waals surface area (Å²) in [5.74, 6) is 2.35. The predicted octanol–water partition coefficient (Wildman–Crippen LogP) is 4.05. The highest BCUT2D eigenvalue weighted by atomic mass is 16.5. The van der Waals surface area contributed by atoms with E-state index < -0.39 is 0 Å². The van der Waals surface area contributed by atoms with Crippen LogP contribution in [-0.2, 0) is 6.42 Å². The first-order valence-corrected chi connectivity index (χ1v) is 10.4. The average molecular weight is 399 g/mol. The van der Waals surface area contributed by atoms with E-state index in [4.69, 9.17) is 14.5 Å². The first-order valence-electron chi connectivity index (χ1n) is 10.4. The Balaban J connectivity index is 2.07. The zero-order valence-electron chi connectivity index (χ0n) is 18.3. The lowest BCUT2D eigenvalue weighted by Gasteiger charge is -2.20. The van der Waals surface area contributed by atoms with Gasteiger partial charge in [-0.15, -0.1) is 0 Å². The van der Waals surface area contributed by atoms with Crippen molar-refractivity contribution >= 4 is 5.96 Å². The molecule has 0 aliphatic heterocycles. The summed E-state index contributed by atoms with van der Waals surface area (Å²) in [4.78, 5) is 8.89. The quantitative estimate of drug-likeness (QED) is 0.467. The molecule has 1 aromatic heterocycles. The van der Waals surface area contributed by atoms with Gasteiger partial charge in [0.25, 0.3) is 0 Å². The predicted molar refractivity (Wildman–Crippen MR) is 119 cm³/mol. The molecule has 0 spiro atoms. The third-order valence-corrected chi connectivity index (χ3v) is 4.55. The lowest BCUT2D eigenvalue weighted by atomic mass is 10.1. The minimum absolute atomic E-state index is 0.0744. The fourth-order valence-corrected chi connectivity index (χ4v) is 3.02. The smallest absolute Gasteiger partial charge is 0.191 e. The Morgan fingerprint density at radius 1 is 1.10 bits per heavy atom. The number of rotatable bonds is 10. The second-order valence-corrected chi connectivity index (χ2v) is 6.75. The SMILES string of the molecule is CCNC(=NCCc1ccncc1C)NC(C)c1ccc(OCC)c(OCC)c1. The van der Waals surface area contributed by atoms with Crippen LogP contribution in [0.5, 0.6) is 11.5 Å². The zero-order valence-corrected chi connectivity index (χ0v) is 18.3. The lowest BCUT2D eigenvalue weighted by Crippen LogP contribution is -2.38. The standard InChI is InChI=1S/C23H34N4O2/c1-6-25-23(26-14-12-19-11-13-24-16-17(19)4)27-18(5)20-9-10-21(28-7-2)22(15-20)29-8-3/h9-11,13,15-16,18H,6-8,12,14H2,1-5H3,(H2,25,26,27). The summed E-state index contributed by atoms with van der Waals surface area (Å²) in [7, 11) is 0. The van der Waals surface area contributed by atoms with Crippen molar-refractivity contribution in [2.45, 2.75) is 47.1 Å². The van der Waals surface area contributed by atoms with E-state index in [2.05, 4.69) is 48.5 Å². The molecule has 1 atom stereocenters. The summed E-state index contributed by atoms with van der Waals surface area (Å²) in [6.45, 7) is 12.9. The largest absolute Gasteiger partial charge is 0.490 e. The number of nitrogens with zero attached hydrogens (tertiary/aromatic N) is 2. The van der Waals surface area contributed by atoms with Crippen molar-refractivity contribution < 1.29 is 9.47 Å². The van der Waals surface area contributed by atoms with Crippen LogP contribution in [0, 0.1) is 6.92 Å². The van der Waals surface area contributed by atoms with Crippen LogP contribution in [0.3, 0.4) is 0 Å². The van der Waals surface area contributed by atoms with E-state index in [9.17, 15) is 0 Å². The van der Waals surface area contributed by atoms with Gasteiger partial charge in [0.15, 0.2) is 17.5 Å². The number of nitrogens with one attached hydrogen (secondary N) is 2. The lowest BCUT2D eigenvalue weighted by molar-refractivity contribution is 0.287. The van der Waals surface area contributed by atoms with Gasteiger partial charge in [-0.3, -0.25) is 9.98 Å². The molecule has 1 heterocycles. The van der Waals surface area contributed by atoms with E-state index in [0.29, 0.717) is 19.8 Å². The fraction of sp³-hybridized carbons (Fsp3) is 0.478. The molecular formula is C23H34N4O2. The van der Waals surface area contributed by atoms with Crippen molar-refractivity contribution in [3.8, 4) is 11.5 Å². The van der Waals surface area contributed by atoms with Crippen molar-refractivity contribution in [1.29, 1.82) is 0 Å². The Morgan fingerprint density at radius 2 is 1.86 bits per heavy atom. The summed E-state index contributed by atoms with van der Waals surface area (Å²) in [5, 5.41) is 6.81. The van der Waals surface area contributed by atoms with Gasteiger partial charge in [0, 0.05) is 25.5 Å². The zero-order chi connectivity index (χ0) is 21.1. The number of hydrogen-bond donors (Lipinski definition) is 2. The molecule has 2 rings (SSSR count). The maximum atomic E-state index is 5.75. The highest BCUT2D eigenvalue weighted by molar-refractivity contribution is 5.80. The number of benzene rings is 1. The van der Waals surface area contributed by atoms with E-state index in [-0.39, 0.29) is 6.04 Å². The van der Waals surface area contributed by atoms with Crippen molar-refractivity contribution in [3.63, 3.8) is 0 Å². The minimum Gasteiger partial charge on any atom is -0.490 e. The average Bonchev–Trinajstić information content (AvgIpc) is 2.71. The molecule has 1 aromatic carbocycles. The molecular weight excluding hydrogens is 364 g/mol. The van der Waals surface area contributed by atoms with Crippen LogP contribution < -0.4 is 20.1 Å². The Morgan fingerprint density at radius 3 is 2.55 bits per heavy atom. The monoisotopic (exact) mass is 398 g/mol. The summed E-state index contributed by atoms with van der Waals surface area (Å²) in [6.07, 6.45) is 4.61. The molecule has 0 radical (unpaired) electrons. The van der Waals surface area contributed by atoms with Crippen molar-refractivity contribution in [3.05, 3.63) is 53.3 Å². The van der Waals surface area contributed by atoms with Gasteiger partial charge in [0.2, 0.25) is 0 Å². The third-order valence-electron chi connectivity index (χ3n) is 4.55. The van der Waals surface area contributed by atoms with Crippen molar-refractivity contribution in [2.24, 2.45) is 4.99 Å². The van der Waals surface area contributed by atoms with Crippen LogP contribution in [0.4, 0.5) is 0 Å².